The summed E-state index contributed by atoms with van der Waals surface area (Å²) in [5.41, 5.74) is 0.577. The molecular formula is C20H25ClF3N3O. The highest BCUT2D eigenvalue weighted by molar-refractivity contribution is 6.33. The number of carbonyl (C=O) groups excluding carboxylic acids is 1. The molecule has 0 atom stereocenters. The number of alkyl halides is 3. The first-order chi connectivity index (χ1) is 13.3. The van der Waals surface area contributed by atoms with Crippen molar-refractivity contribution in [3.05, 3.63) is 34.5 Å². The molecule has 0 radical (unpaired) electrons. The van der Waals surface area contributed by atoms with Crippen LogP contribution in [-0.4, -0.2) is 30.5 Å². The first kappa shape index (κ1) is 21.0. The van der Waals surface area contributed by atoms with E-state index in [1.54, 1.807) is 0 Å². The minimum atomic E-state index is -4.46. The molecule has 1 saturated heterocycles. The number of nitrogens with one attached hydrogen (secondary N) is 1. The molecule has 2 aliphatic rings. The summed E-state index contributed by atoms with van der Waals surface area (Å²) < 4.78 is 38.2. The van der Waals surface area contributed by atoms with Gasteiger partial charge in [-0.2, -0.15) is 13.2 Å². The highest BCUT2D eigenvalue weighted by atomic mass is 35.5. The maximum Gasteiger partial charge on any atom is 0.417 e. The van der Waals surface area contributed by atoms with Gasteiger partial charge in [0.25, 0.3) is 0 Å². The molecule has 8 heteroatoms. The smallest absolute Gasteiger partial charge is 0.356 e. The number of rotatable bonds is 5. The molecule has 1 aliphatic carbocycles. The molecule has 1 aromatic heterocycles. The molecule has 0 bridgehead atoms. The van der Waals surface area contributed by atoms with Gasteiger partial charge in [-0.15, -0.1) is 0 Å². The van der Waals surface area contributed by atoms with Crippen LogP contribution in [0.3, 0.4) is 0 Å². The molecule has 1 aliphatic heterocycles. The van der Waals surface area contributed by atoms with Crippen molar-refractivity contribution in [3.8, 4) is 0 Å². The Balaban J connectivity index is 1.47. The van der Waals surface area contributed by atoms with Crippen molar-refractivity contribution in [2.75, 3.05) is 24.5 Å². The number of halogens is 4. The van der Waals surface area contributed by atoms with E-state index in [1.165, 1.54) is 18.4 Å². The molecule has 0 unspecified atom stereocenters. The van der Waals surface area contributed by atoms with Gasteiger partial charge in [-0.1, -0.05) is 23.3 Å². The van der Waals surface area contributed by atoms with E-state index < -0.39 is 11.7 Å². The van der Waals surface area contributed by atoms with E-state index in [4.69, 9.17) is 11.6 Å². The van der Waals surface area contributed by atoms with Crippen molar-refractivity contribution in [2.45, 2.75) is 51.1 Å². The molecule has 3 rings (SSSR count). The second kappa shape index (κ2) is 9.16. The van der Waals surface area contributed by atoms with E-state index in [-0.39, 0.29) is 16.8 Å². The molecule has 154 valence electrons. The van der Waals surface area contributed by atoms with Gasteiger partial charge in [0.05, 0.1) is 10.6 Å². The monoisotopic (exact) mass is 415 g/mol. The number of piperidine rings is 1. The summed E-state index contributed by atoms with van der Waals surface area (Å²) in [7, 11) is 0. The molecule has 28 heavy (non-hydrogen) atoms. The molecule has 0 aromatic carbocycles. The Morgan fingerprint density at radius 2 is 2.04 bits per heavy atom. The maximum absolute atomic E-state index is 12.7. The number of anilines is 1. The Hall–Kier alpha value is -1.76. The van der Waals surface area contributed by atoms with Gasteiger partial charge in [-0.05, 0) is 51.0 Å². The van der Waals surface area contributed by atoms with Crippen molar-refractivity contribution < 1.29 is 18.0 Å². The highest BCUT2D eigenvalue weighted by Crippen LogP contribution is 2.34. The number of allylic oxidation sites excluding steroid dienone is 1. The number of nitrogens with zero attached hydrogens (tertiary/aromatic N) is 2. The van der Waals surface area contributed by atoms with Gasteiger partial charge in [-0.25, -0.2) is 4.98 Å². The van der Waals surface area contributed by atoms with Crippen molar-refractivity contribution in [3.63, 3.8) is 0 Å². The number of hydrogen-bond acceptors (Lipinski definition) is 3. The fourth-order valence-corrected chi connectivity index (χ4v) is 4.08. The second-order valence-corrected chi connectivity index (χ2v) is 7.84. The van der Waals surface area contributed by atoms with Crippen LogP contribution < -0.4 is 10.2 Å². The van der Waals surface area contributed by atoms with Crippen LogP contribution in [0.25, 0.3) is 0 Å². The summed E-state index contributed by atoms with van der Waals surface area (Å²) in [6.07, 6.45) is 5.57. The molecule has 0 spiro atoms. The van der Waals surface area contributed by atoms with E-state index in [0.717, 1.165) is 31.5 Å². The molecular weight excluding hydrogens is 391 g/mol. The predicted octanol–water partition coefficient (Wildman–Crippen LogP) is 4.98. The molecule has 1 fully saturated rings. The van der Waals surface area contributed by atoms with Crippen molar-refractivity contribution >= 4 is 23.3 Å². The van der Waals surface area contributed by atoms with Gasteiger partial charge in [0.1, 0.15) is 5.82 Å². The minimum Gasteiger partial charge on any atom is -0.356 e. The normalized spacial score (nSPS) is 18.7. The highest BCUT2D eigenvalue weighted by Gasteiger charge is 2.33. The van der Waals surface area contributed by atoms with Crippen LogP contribution >= 0.6 is 11.6 Å². The Labute approximate surface area is 168 Å². The summed E-state index contributed by atoms with van der Waals surface area (Å²) in [4.78, 5) is 18.1. The quantitative estimate of drug-likeness (QED) is 0.690. The van der Waals surface area contributed by atoms with E-state index in [0.29, 0.717) is 38.3 Å². The molecule has 1 aromatic rings. The zero-order valence-electron chi connectivity index (χ0n) is 15.7. The topological polar surface area (TPSA) is 45.2 Å². The van der Waals surface area contributed by atoms with Gasteiger partial charge in [0, 0.05) is 31.7 Å². The van der Waals surface area contributed by atoms with Gasteiger partial charge >= 0.3 is 6.18 Å². The first-order valence-electron chi connectivity index (χ1n) is 9.78. The van der Waals surface area contributed by atoms with Crippen LogP contribution in [0.2, 0.25) is 5.02 Å². The standard InChI is InChI=1S/C20H25ClF3N3O/c21-17-12-16(20(22,23)24)13-26-18(17)27-10-7-15(8-11-27)19(28)25-9-6-14-4-2-1-3-5-14/h4,12-13,15H,1-3,5-11H2,(H,25,28). The lowest BCUT2D eigenvalue weighted by atomic mass is 9.95. The summed E-state index contributed by atoms with van der Waals surface area (Å²) in [6, 6.07) is 0.905. The fraction of sp³-hybridized carbons (Fsp3) is 0.600. The zero-order valence-corrected chi connectivity index (χ0v) is 16.5. The lowest BCUT2D eigenvalue weighted by molar-refractivity contribution is -0.137. The van der Waals surface area contributed by atoms with Crippen LogP contribution in [0.4, 0.5) is 19.0 Å². The van der Waals surface area contributed by atoms with Crippen LogP contribution in [-0.2, 0) is 11.0 Å². The van der Waals surface area contributed by atoms with Gasteiger partial charge < -0.3 is 10.2 Å². The molecule has 1 N–H and O–H groups in total. The van der Waals surface area contributed by atoms with E-state index in [2.05, 4.69) is 16.4 Å². The van der Waals surface area contributed by atoms with Crippen LogP contribution in [0.5, 0.6) is 0 Å². The van der Waals surface area contributed by atoms with Gasteiger partial charge in [0.15, 0.2) is 0 Å². The number of carbonyl (C=O) groups is 1. The van der Waals surface area contributed by atoms with Crippen molar-refractivity contribution in [1.29, 1.82) is 0 Å². The van der Waals surface area contributed by atoms with Crippen molar-refractivity contribution in [2.24, 2.45) is 5.92 Å². The number of pyridine rings is 1. The molecule has 4 nitrogen and oxygen atoms in total. The first-order valence-corrected chi connectivity index (χ1v) is 10.2. The third kappa shape index (κ3) is 5.40. The lowest BCUT2D eigenvalue weighted by Gasteiger charge is -2.32. The summed E-state index contributed by atoms with van der Waals surface area (Å²) in [5, 5.41) is 3.01. The zero-order chi connectivity index (χ0) is 20.1. The van der Waals surface area contributed by atoms with E-state index >= 15 is 0 Å². The largest absolute Gasteiger partial charge is 0.417 e. The average molecular weight is 416 g/mol. The number of amides is 1. The number of aromatic nitrogens is 1. The maximum atomic E-state index is 12.7. The number of hydrogen-bond donors (Lipinski definition) is 1. The average Bonchev–Trinajstić information content (AvgIpc) is 2.68. The van der Waals surface area contributed by atoms with Crippen LogP contribution in [0, 0.1) is 5.92 Å². The van der Waals surface area contributed by atoms with Gasteiger partial charge in [-0.3, -0.25) is 4.79 Å². The van der Waals surface area contributed by atoms with Crippen LogP contribution in [0.1, 0.15) is 50.5 Å². The van der Waals surface area contributed by atoms with E-state index in [1.807, 2.05) is 4.90 Å². The second-order valence-electron chi connectivity index (χ2n) is 7.44. The van der Waals surface area contributed by atoms with Gasteiger partial charge in [0.2, 0.25) is 5.91 Å². The summed E-state index contributed by atoms with van der Waals surface area (Å²) in [6.45, 7) is 1.75. The molecule has 1 amide bonds. The lowest BCUT2D eigenvalue weighted by Crippen LogP contribution is -2.41. The summed E-state index contributed by atoms with van der Waals surface area (Å²) >= 11 is 6.02. The SMILES string of the molecule is O=C(NCCC1=CCCCC1)C1CCN(c2ncc(C(F)(F)F)cc2Cl)CC1. The minimum absolute atomic E-state index is 0.0153. The molecule has 2 heterocycles. The Morgan fingerprint density at radius 3 is 2.64 bits per heavy atom. The predicted molar refractivity (Wildman–Crippen MR) is 103 cm³/mol. The third-order valence-corrected chi connectivity index (χ3v) is 5.72. The Morgan fingerprint density at radius 1 is 1.29 bits per heavy atom. The van der Waals surface area contributed by atoms with Crippen LogP contribution in [0.15, 0.2) is 23.9 Å². The Bertz CT molecular complexity index is 728. The fourth-order valence-electron chi connectivity index (χ4n) is 3.79. The summed E-state index contributed by atoms with van der Waals surface area (Å²) in [5.74, 6) is 0.324. The molecule has 0 saturated carbocycles. The Kier molecular flexibility index (Phi) is 6.86. The third-order valence-electron chi connectivity index (χ3n) is 5.44. The van der Waals surface area contributed by atoms with Crippen molar-refractivity contribution in [1.82, 2.24) is 10.3 Å². The van der Waals surface area contributed by atoms with E-state index in [9.17, 15) is 18.0 Å².